The molecule has 2 heterocycles. The summed E-state index contributed by atoms with van der Waals surface area (Å²) >= 11 is 0. The van der Waals surface area contributed by atoms with E-state index in [4.69, 9.17) is 5.11 Å². The summed E-state index contributed by atoms with van der Waals surface area (Å²) in [6.45, 7) is 4.34. The fourth-order valence-corrected chi connectivity index (χ4v) is 2.64. The Morgan fingerprint density at radius 1 is 1.60 bits per heavy atom. The highest BCUT2D eigenvalue weighted by atomic mass is 16.3. The maximum atomic E-state index is 12.4. The molecule has 20 heavy (non-hydrogen) atoms. The lowest BCUT2D eigenvalue weighted by atomic mass is 10.0. The molecule has 0 radical (unpaired) electrons. The van der Waals surface area contributed by atoms with Crippen LogP contribution in [-0.4, -0.2) is 63.1 Å². The maximum Gasteiger partial charge on any atom is 0.237 e. The lowest BCUT2D eigenvalue weighted by molar-refractivity contribution is -0.134. The van der Waals surface area contributed by atoms with Crippen LogP contribution in [0.4, 0.5) is 0 Å². The quantitative estimate of drug-likeness (QED) is 0.800. The van der Waals surface area contributed by atoms with E-state index in [1.54, 1.807) is 17.3 Å². The van der Waals surface area contributed by atoms with E-state index in [0.29, 0.717) is 25.7 Å². The van der Waals surface area contributed by atoms with Crippen LogP contribution >= 0.6 is 0 Å². The summed E-state index contributed by atoms with van der Waals surface area (Å²) in [4.78, 5) is 23.4. The standard InChI is InChI=1S/C14H24N4O2/c1-12-4-2-3-7-17(12)11-14(20)18(8-9-19)10-13-15-5-6-16-13/h5-6,12,19H,2-4,7-11H2,1H3,(H,15,16). The molecule has 112 valence electrons. The van der Waals surface area contributed by atoms with Crippen LogP contribution < -0.4 is 0 Å². The molecule has 1 aromatic rings. The number of nitrogens with one attached hydrogen (secondary N) is 1. The Hall–Kier alpha value is -1.40. The zero-order valence-electron chi connectivity index (χ0n) is 12.1. The number of aromatic nitrogens is 2. The Kier molecular flexibility index (Phi) is 5.55. The van der Waals surface area contributed by atoms with E-state index in [1.807, 2.05) is 0 Å². The molecule has 0 spiro atoms. The molecule has 6 heteroatoms. The largest absolute Gasteiger partial charge is 0.395 e. The van der Waals surface area contributed by atoms with Crippen LogP contribution in [0.5, 0.6) is 0 Å². The normalized spacial score (nSPS) is 20.0. The molecule has 0 aliphatic carbocycles. The molecule has 1 aliphatic heterocycles. The smallest absolute Gasteiger partial charge is 0.237 e. The van der Waals surface area contributed by atoms with Gasteiger partial charge < -0.3 is 15.0 Å². The molecule has 1 unspecified atom stereocenters. The number of nitrogens with zero attached hydrogens (tertiary/aromatic N) is 3. The van der Waals surface area contributed by atoms with Crippen LogP contribution in [0.25, 0.3) is 0 Å². The highest BCUT2D eigenvalue weighted by Gasteiger charge is 2.23. The molecule has 1 aliphatic rings. The van der Waals surface area contributed by atoms with Crippen molar-refractivity contribution < 1.29 is 9.90 Å². The van der Waals surface area contributed by atoms with Crippen molar-refractivity contribution in [1.82, 2.24) is 19.8 Å². The third-order valence-corrected chi connectivity index (χ3v) is 3.90. The van der Waals surface area contributed by atoms with Gasteiger partial charge in [-0.05, 0) is 26.3 Å². The number of aromatic amines is 1. The van der Waals surface area contributed by atoms with Crippen molar-refractivity contribution in [2.24, 2.45) is 0 Å². The van der Waals surface area contributed by atoms with Crippen LogP contribution in [-0.2, 0) is 11.3 Å². The molecule has 1 amide bonds. The predicted molar refractivity (Wildman–Crippen MR) is 76.0 cm³/mol. The van der Waals surface area contributed by atoms with E-state index in [-0.39, 0.29) is 12.5 Å². The Bertz CT molecular complexity index is 407. The van der Waals surface area contributed by atoms with Crippen LogP contribution in [0.15, 0.2) is 12.4 Å². The highest BCUT2D eigenvalue weighted by Crippen LogP contribution is 2.16. The molecule has 2 rings (SSSR count). The van der Waals surface area contributed by atoms with Gasteiger partial charge in [-0.15, -0.1) is 0 Å². The van der Waals surface area contributed by atoms with Crippen molar-refractivity contribution in [1.29, 1.82) is 0 Å². The fourth-order valence-electron chi connectivity index (χ4n) is 2.64. The molecule has 1 fully saturated rings. The second-order valence-corrected chi connectivity index (χ2v) is 5.39. The van der Waals surface area contributed by atoms with E-state index in [1.165, 1.54) is 6.42 Å². The summed E-state index contributed by atoms with van der Waals surface area (Å²) in [6.07, 6.45) is 6.98. The number of likely N-dealkylation sites (tertiary alicyclic amines) is 1. The zero-order valence-corrected chi connectivity index (χ0v) is 12.1. The number of amides is 1. The maximum absolute atomic E-state index is 12.4. The number of aliphatic hydroxyl groups excluding tert-OH is 1. The second-order valence-electron chi connectivity index (χ2n) is 5.39. The number of rotatable bonds is 6. The van der Waals surface area contributed by atoms with Crippen LogP contribution in [0.2, 0.25) is 0 Å². The van der Waals surface area contributed by atoms with Crippen LogP contribution in [0.1, 0.15) is 32.0 Å². The van der Waals surface area contributed by atoms with E-state index in [9.17, 15) is 4.79 Å². The van der Waals surface area contributed by atoms with Crippen molar-refractivity contribution in [2.45, 2.75) is 38.8 Å². The van der Waals surface area contributed by atoms with E-state index in [2.05, 4.69) is 21.8 Å². The minimum absolute atomic E-state index is 0.0258. The number of carbonyl (C=O) groups is 1. The number of carbonyl (C=O) groups excluding carboxylic acids is 1. The van der Waals surface area contributed by atoms with Gasteiger partial charge in [-0.25, -0.2) is 4.98 Å². The molecular formula is C14H24N4O2. The summed E-state index contributed by atoms with van der Waals surface area (Å²) in [5, 5.41) is 9.13. The Morgan fingerprint density at radius 2 is 2.45 bits per heavy atom. The first-order valence-electron chi connectivity index (χ1n) is 7.31. The van der Waals surface area contributed by atoms with Gasteiger partial charge in [0.1, 0.15) is 5.82 Å². The van der Waals surface area contributed by atoms with Crippen LogP contribution in [0, 0.1) is 0 Å². The molecule has 6 nitrogen and oxygen atoms in total. The van der Waals surface area contributed by atoms with Gasteiger partial charge in [-0.2, -0.15) is 0 Å². The summed E-state index contributed by atoms with van der Waals surface area (Å²) in [5.41, 5.74) is 0. The molecule has 1 aromatic heterocycles. The van der Waals surface area contributed by atoms with E-state index < -0.39 is 0 Å². The first kappa shape index (κ1) is 15.0. The van der Waals surface area contributed by atoms with Gasteiger partial charge in [0.15, 0.2) is 0 Å². The van der Waals surface area contributed by atoms with E-state index >= 15 is 0 Å². The topological polar surface area (TPSA) is 72.5 Å². The first-order valence-corrected chi connectivity index (χ1v) is 7.31. The van der Waals surface area contributed by atoms with Gasteiger partial charge >= 0.3 is 0 Å². The third-order valence-electron chi connectivity index (χ3n) is 3.90. The number of piperidine rings is 1. The van der Waals surface area contributed by atoms with Gasteiger partial charge in [0.05, 0.1) is 19.7 Å². The lowest BCUT2D eigenvalue weighted by Crippen LogP contribution is -2.46. The van der Waals surface area contributed by atoms with Gasteiger partial charge in [0.2, 0.25) is 5.91 Å². The van der Waals surface area contributed by atoms with Crippen molar-refractivity contribution in [2.75, 3.05) is 26.2 Å². The van der Waals surface area contributed by atoms with Gasteiger partial charge in [0, 0.05) is 25.0 Å². The number of hydrogen-bond acceptors (Lipinski definition) is 4. The Balaban J connectivity index is 1.92. The monoisotopic (exact) mass is 280 g/mol. The molecule has 1 saturated heterocycles. The number of imidazole rings is 1. The van der Waals surface area contributed by atoms with Gasteiger partial charge in [-0.1, -0.05) is 6.42 Å². The fraction of sp³-hybridized carbons (Fsp3) is 0.714. The minimum atomic E-state index is -0.0258. The van der Waals surface area contributed by atoms with Crippen molar-refractivity contribution in [3.05, 3.63) is 18.2 Å². The van der Waals surface area contributed by atoms with E-state index in [0.717, 1.165) is 25.2 Å². The SMILES string of the molecule is CC1CCCCN1CC(=O)N(CCO)Cc1ncc[nH]1. The average molecular weight is 280 g/mol. The summed E-state index contributed by atoms with van der Waals surface area (Å²) in [5.74, 6) is 0.808. The van der Waals surface area contributed by atoms with Crippen LogP contribution in [0.3, 0.4) is 0 Å². The average Bonchev–Trinajstić information content (AvgIpc) is 2.94. The first-order chi connectivity index (χ1) is 9.70. The second kappa shape index (κ2) is 7.40. The Labute approximate surface area is 119 Å². The molecule has 1 atom stereocenters. The number of aliphatic hydroxyl groups is 1. The lowest BCUT2D eigenvalue weighted by Gasteiger charge is -2.34. The predicted octanol–water partition coefficient (Wildman–Crippen LogP) is 0.605. The molecule has 0 bridgehead atoms. The molecule has 0 saturated carbocycles. The summed E-state index contributed by atoms with van der Waals surface area (Å²) < 4.78 is 0. The number of hydrogen-bond donors (Lipinski definition) is 2. The summed E-state index contributed by atoms with van der Waals surface area (Å²) in [7, 11) is 0. The van der Waals surface area contributed by atoms with Crippen molar-refractivity contribution in [3.63, 3.8) is 0 Å². The third kappa shape index (κ3) is 4.05. The highest BCUT2D eigenvalue weighted by molar-refractivity contribution is 5.78. The van der Waals surface area contributed by atoms with Crippen molar-refractivity contribution >= 4 is 5.91 Å². The molecule has 2 N–H and O–H groups in total. The molecular weight excluding hydrogens is 256 g/mol. The van der Waals surface area contributed by atoms with Gasteiger partial charge in [0.25, 0.3) is 0 Å². The Morgan fingerprint density at radius 3 is 3.10 bits per heavy atom. The zero-order chi connectivity index (χ0) is 14.4. The van der Waals surface area contributed by atoms with Gasteiger partial charge in [-0.3, -0.25) is 9.69 Å². The van der Waals surface area contributed by atoms with Crippen molar-refractivity contribution in [3.8, 4) is 0 Å². The summed E-state index contributed by atoms with van der Waals surface area (Å²) in [6, 6.07) is 0.465. The minimum Gasteiger partial charge on any atom is -0.395 e. The molecule has 0 aromatic carbocycles. The number of H-pyrrole nitrogens is 1.